The highest BCUT2D eigenvalue weighted by molar-refractivity contribution is 6.00. The van der Waals surface area contributed by atoms with Crippen molar-refractivity contribution in [3.8, 4) is 17.3 Å². The molecule has 26 heavy (non-hydrogen) atoms. The van der Waals surface area contributed by atoms with Crippen LogP contribution in [0.5, 0.6) is 0 Å². The maximum absolute atomic E-state index is 12.7. The number of aryl methyl sites for hydroxylation is 1. The van der Waals surface area contributed by atoms with Crippen molar-refractivity contribution in [3.63, 3.8) is 0 Å². The largest absolute Gasteiger partial charge is 0.416 e. The highest BCUT2D eigenvalue weighted by atomic mass is 19.4. The summed E-state index contributed by atoms with van der Waals surface area (Å²) < 4.78 is 43.1. The van der Waals surface area contributed by atoms with E-state index in [1.807, 2.05) is 13.8 Å². The van der Waals surface area contributed by atoms with Crippen LogP contribution in [0.25, 0.3) is 11.3 Å². The molecule has 138 valence electrons. The molecule has 1 heterocycles. The van der Waals surface area contributed by atoms with E-state index in [0.29, 0.717) is 5.56 Å². The summed E-state index contributed by atoms with van der Waals surface area (Å²) in [6.07, 6.45) is -4.17. The van der Waals surface area contributed by atoms with Gasteiger partial charge in [-0.1, -0.05) is 31.1 Å². The monoisotopic (exact) mass is 365 g/mol. The standard InChI is InChI=1S/C18H18F3N3O2/c1-11-14(16(25)23-10-17(2,3)8-9-22)15(24-26-11)12-4-6-13(7-5-12)18(19,20)21/h4-7H,8,10H2,1-3H3,(H,23,25). The van der Waals surface area contributed by atoms with E-state index in [1.54, 1.807) is 6.92 Å². The first kappa shape index (κ1) is 19.5. The van der Waals surface area contributed by atoms with Crippen LogP contribution < -0.4 is 5.32 Å². The van der Waals surface area contributed by atoms with Crippen LogP contribution in [0.3, 0.4) is 0 Å². The molecule has 2 rings (SSSR count). The van der Waals surface area contributed by atoms with Crippen LogP contribution in [0.4, 0.5) is 13.2 Å². The summed E-state index contributed by atoms with van der Waals surface area (Å²) in [4.78, 5) is 12.5. The van der Waals surface area contributed by atoms with Crippen molar-refractivity contribution in [3.05, 3.63) is 41.2 Å². The number of nitriles is 1. The molecule has 0 saturated carbocycles. The van der Waals surface area contributed by atoms with Crippen LogP contribution >= 0.6 is 0 Å². The summed E-state index contributed by atoms with van der Waals surface area (Å²) >= 11 is 0. The smallest absolute Gasteiger partial charge is 0.360 e. The van der Waals surface area contributed by atoms with Gasteiger partial charge in [-0.05, 0) is 24.5 Å². The lowest BCUT2D eigenvalue weighted by molar-refractivity contribution is -0.137. The summed E-state index contributed by atoms with van der Waals surface area (Å²) in [5.74, 6) is -0.194. The first-order valence-electron chi connectivity index (χ1n) is 7.84. The minimum atomic E-state index is -4.44. The topological polar surface area (TPSA) is 78.9 Å². The van der Waals surface area contributed by atoms with Crippen LogP contribution in [-0.2, 0) is 6.18 Å². The Bertz CT molecular complexity index is 831. The van der Waals surface area contributed by atoms with E-state index >= 15 is 0 Å². The molecule has 0 atom stereocenters. The number of hydrogen-bond acceptors (Lipinski definition) is 4. The van der Waals surface area contributed by atoms with E-state index < -0.39 is 23.1 Å². The van der Waals surface area contributed by atoms with Crippen molar-refractivity contribution < 1.29 is 22.5 Å². The zero-order valence-corrected chi connectivity index (χ0v) is 14.6. The molecule has 1 aromatic carbocycles. The Morgan fingerprint density at radius 2 is 1.88 bits per heavy atom. The second-order valence-corrected chi connectivity index (χ2v) is 6.72. The van der Waals surface area contributed by atoms with Crippen LogP contribution in [0.1, 0.15) is 41.9 Å². The SMILES string of the molecule is Cc1onc(-c2ccc(C(F)(F)F)cc2)c1C(=O)NCC(C)(C)CC#N. The molecule has 0 aliphatic carbocycles. The lowest BCUT2D eigenvalue weighted by atomic mass is 9.90. The predicted molar refractivity (Wildman–Crippen MR) is 88.0 cm³/mol. The van der Waals surface area contributed by atoms with Crippen molar-refractivity contribution in [1.82, 2.24) is 10.5 Å². The minimum absolute atomic E-state index is 0.164. The molecule has 0 bridgehead atoms. The van der Waals surface area contributed by atoms with Gasteiger partial charge in [0.15, 0.2) is 0 Å². The van der Waals surface area contributed by atoms with E-state index in [1.165, 1.54) is 12.1 Å². The van der Waals surface area contributed by atoms with E-state index in [9.17, 15) is 18.0 Å². The number of carbonyl (C=O) groups is 1. The Balaban J connectivity index is 2.26. The van der Waals surface area contributed by atoms with Crippen molar-refractivity contribution in [2.75, 3.05) is 6.54 Å². The molecule has 0 aliphatic rings. The number of benzene rings is 1. The molecule has 5 nitrogen and oxygen atoms in total. The van der Waals surface area contributed by atoms with Gasteiger partial charge in [-0.15, -0.1) is 0 Å². The van der Waals surface area contributed by atoms with E-state index in [-0.39, 0.29) is 30.0 Å². The summed E-state index contributed by atoms with van der Waals surface area (Å²) in [6, 6.07) is 6.41. The van der Waals surface area contributed by atoms with Gasteiger partial charge in [0.05, 0.1) is 11.6 Å². The average Bonchev–Trinajstić information content (AvgIpc) is 2.94. The average molecular weight is 365 g/mol. The fourth-order valence-electron chi connectivity index (χ4n) is 2.34. The van der Waals surface area contributed by atoms with Gasteiger partial charge in [0, 0.05) is 18.5 Å². The first-order valence-corrected chi connectivity index (χ1v) is 7.84. The zero-order valence-electron chi connectivity index (χ0n) is 14.6. The maximum atomic E-state index is 12.7. The summed E-state index contributed by atoms with van der Waals surface area (Å²) in [6.45, 7) is 5.49. The number of hydrogen-bond donors (Lipinski definition) is 1. The maximum Gasteiger partial charge on any atom is 0.416 e. The van der Waals surface area contributed by atoms with E-state index in [0.717, 1.165) is 12.1 Å². The second kappa shape index (κ2) is 7.20. The van der Waals surface area contributed by atoms with Crippen LogP contribution in [0, 0.1) is 23.7 Å². The highest BCUT2D eigenvalue weighted by Crippen LogP contribution is 2.32. The lowest BCUT2D eigenvalue weighted by Crippen LogP contribution is -2.34. The number of rotatable bonds is 5. The van der Waals surface area contributed by atoms with Gasteiger partial charge in [-0.25, -0.2) is 0 Å². The predicted octanol–water partition coefficient (Wildman–Crippen LogP) is 4.34. The molecule has 0 radical (unpaired) electrons. The molecule has 0 fully saturated rings. The lowest BCUT2D eigenvalue weighted by Gasteiger charge is -2.21. The molecule has 0 aliphatic heterocycles. The van der Waals surface area contributed by atoms with Crippen molar-refractivity contribution >= 4 is 5.91 Å². The van der Waals surface area contributed by atoms with E-state index in [2.05, 4.69) is 16.5 Å². The highest BCUT2D eigenvalue weighted by Gasteiger charge is 2.30. The van der Waals surface area contributed by atoms with E-state index in [4.69, 9.17) is 9.78 Å². The fourth-order valence-corrected chi connectivity index (χ4v) is 2.34. The minimum Gasteiger partial charge on any atom is -0.360 e. The molecule has 8 heteroatoms. The van der Waals surface area contributed by atoms with Gasteiger partial charge in [-0.3, -0.25) is 4.79 Å². The number of nitrogens with one attached hydrogen (secondary N) is 1. The fraction of sp³-hybridized carbons (Fsp3) is 0.389. The third-order valence-corrected chi connectivity index (χ3v) is 3.86. The van der Waals surface area contributed by atoms with Crippen molar-refractivity contribution in [2.24, 2.45) is 5.41 Å². The molecule has 0 saturated heterocycles. The molecule has 2 aromatic rings. The molecule has 1 N–H and O–H groups in total. The van der Waals surface area contributed by atoms with Crippen molar-refractivity contribution in [2.45, 2.75) is 33.4 Å². The van der Waals surface area contributed by atoms with Crippen molar-refractivity contribution in [1.29, 1.82) is 5.26 Å². The van der Waals surface area contributed by atoms with Crippen LogP contribution in [0.2, 0.25) is 0 Å². The molecular weight excluding hydrogens is 347 g/mol. The van der Waals surface area contributed by atoms with Gasteiger partial charge < -0.3 is 9.84 Å². The quantitative estimate of drug-likeness (QED) is 0.855. The van der Waals surface area contributed by atoms with Gasteiger partial charge in [0.2, 0.25) is 0 Å². The molecule has 1 aromatic heterocycles. The number of amides is 1. The summed E-state index contributed by atoms with van der Waals surface area (Å²) in [7, 11) is 0. The van der Waals surface area contributed by atoms with Crippen LogP contribution in [-0.4, -0.2) is 17.6 Å². The summed E-state index contributed by atoms with van der Waals surface area (Å²) in [5.41, 5.74) is -0.518. The van der Waals surface area contributed by atoms with Crippen LogP contribution in [0.15, 0.2) is 28.8 Å². The number of halogens is 3. The van der Waals surface area contributed by atoms with Gasteiger partial charge >= 0.3 is 6.18 Å². The zero-order chi connectivity index (χ0) is 19.5. The second-order valence-electron chi connectivity index (χ2n) is 6.72. The molecular formula is C18H18F3N3O2. The first-order chi connectivity index (χ1) is 12.0. The molecule has 1 amide bonds. The number of alkyl halides is 3. The molecule has 0 unspecified atom stereocenters. The van der Waals surface area contributed by atoms with Gasteiger partial charge in [0.25, 0.3) is 5.91 Å². The van der Waals surface area contributed by atoms with Gasteiger partial charge in [-0.2, -0.15) is 18.4 Å². The summed E-state index contributed by atoms with van der Waals surface area (Å²) in [5, 5.41) is 15.3. The Hall–Kier alpha value is -2.82. The molecule has 0 spiro atoms. The third-order valence-electron chi connectivity index (χ3n) is 3.86. The Morgan fingerprint density at radius 3 is 2.42 bits per heavy atom. The number of carbonyl (C=O) groups excluding carboxylic acids is 1. The number of aromatic nitrogens is 1. The Labute approximate surface area is 148 Å². The Morgan fingerprint density at radius 1 is 1.27 bits per heavy atom. The Kier molecular flexibility index (Phi) is 5.40. The normalized spacial score (nSPS) is 11.9. The number of nitrogens with zero attached hydrogens (tertiary/aromatic N) is 2. The third kappa shape index (κ3) is 4.42. The van der Waals surface area contributed by atoms with Gasteiger partial charge in [0.1, 0.15) is 17.0 Å².